The average Bonchev–Trinajstić information content (AvgIpc) is 2.14. The summed E-state index contributed by atoms with van der Waals surface area (Å²) in [5, 5.41) is 17.0. The zero-order valence-electron chi connectivity index (χ0n) is 8.73. The molecule has 0 rings (SSSR count). The van der Waals surface area contributed by atoms with Crippen LogP contribution in [0.1, 0.15) is 13.3 Å². The van der Waals surface area contributed by atoms with Gasteiger partial charge in [-0.05, 0) is 6.92 Å². The minimum absolute atomic E-state index is 0.166. The Morgan fingerprint density at radius 1 is 1.31 bits per heavy atom. The first-order chi connectivity index (χ1) is 7.34. The Labute approximate surface area is 91.8 Å². The van der Waals surface area contributed by atoms with Gasteiger partial charge >= 0.3 is 17.9 Å². The second-order valence-corrected chi connectivity index (χ2v) is 2.98. The number of esters is 1. The summed E-state index contributed by atoms with van der Waals surface area (Å²) in [7, 11) is 0. The van der Waals surface area contributed by atoms with Crippen molar-refractivity contribution in [3.63, 3.8) is 0 Å². The minimum atomic E-state index is -1.36. The molecule has 0 aromatic rings. The number of hydrogen-bond donors (Lipinski definition) is 2. The molecule has 0 unspecified atom stereocenters. The van der Waals surface area contributed by atoms with Crippen LogP contribution in [0.25, 0.3) is 0 Å². The van der Waals surface area contributed by atoms with Crippen LogP contribution in [0.2, 0.25) is 0 Å². The fourth-order valence-corrected chi connectivity index (χ4v) is 0.767. The van der Waals surface area contributed by atoms with Crippen LogP contribution >= 0.6 is 0 Å². The Morgan fingerprint density at radius 3 is 2.25 bits per heavy atom. The maximum atomic E-state index is 10.9. The molecule has 0 radical (unpaired) electrons. The van der Waals surface area contributed by atoms with E-state index < -0.39 is 17.9 Å². The molecule has 0 atom stereocenters. The third-order valence-corrected chi connectivity index (χ3v) is 1.53. The lowest BCUT2D eigenvalue weighted by atomic mass is 10.2. The second-order valence-electron chi connectivity index (χ2n) is 2.98. The van der Waals surface area contributed by atoms with E-state index in [1.165, 1.54) is 6.92 Å². The molecule has 16 heavy (non-hydrogen) atoms. The molecule has 0 amide bonds. The maximum absolute atomic E-state index is 10.9. The molecule has 6 nitrogen and oxygen atoms in total. The van der Waals surface area contributed by atoms with Gasteiger partial charge < -0.3 is 14.9 Å². The van der Waals surface area contributed by atoms with E-state index in [0.717, 1.165) is 0 Å². The van der Waals surface area contributed by atoms with Gasteiger partial charge in [-0.15, -0.1) is 0 Å². The van der Waals surface area contributed by atoms with Crippen LogP contribution in [0, 0.1) is 0 Å². The third kappa shape index (κ3) is 5.58. The summed E-state index contributed by atoms with van der Waals surface area (Å²) < 4.78 is 4.63. The van der Waals surface area contributed by atoms with Crippen LogP contribution in [0.4, 0.5) is 0 Å². The summed E-state index contributed by atoms with van der Waals surface area (Å²) in [6.07, 6.45) is 0.400. The molecule has 2 N–H and O–H groups in total. The van der Waals surface area contributed by atoms with Gasteiger partial charge in [0.05, 0.1) is 6.61 Å². The van der Waals surface area contributed by atoms with E-state index in [4.69, 9.17) is 10.2 Å². The normalized spacial score (nSPS) is 10.7. The monoisotopic (exact) mass is 228 g/mol. The van der Waals surface area contributed by atoms with E-state index in [-0.39, 0.29) is 24.2 Å². The number of aliphatic carboxylic acids is 2. The summed E-state index contributed by atoms with van der Waals surface area (Å²) in [5.41, 5.74) is -0.138. The number of carboxylic acid groups (broad SMARTS) is 2. The first kappa shape index (κ1) is 13.9. The standard InChI is InChI=1S/C10H12O6/c1-6(2)10(15)16-4-3-7(9(13)14)5-8(11)12/h5H,1,3-4H2,2H3,(H,11,12)(H,13,14)/b7-5+. The van der Waals surface area contributed by atoms with Crippen molar-refractivity contribution in [1.82, 2.24) is 0 Å². The van der Waals surface area contributed by atoms with Gasteiger partial charge in [0.1, 0.15) is 0 Å². The minimum Gasteiger partial charge on any atom is -0.478 e. The Morgan fingerprint density at radius 2 is 1.88 bits per heavy atom. The zero-order valence-corrected chi connectivity index (χ0v) is 8.73. The van der Waals surface area contributed by atoms with E-state index in [9.17, 15) is 14.4 Å². The molecule has 0 aromatic carbocycles. The highest BCUT2D eigenvalue weighted by molar-refractivity contribution is 5.94. The Kier molecular flexibility index (Phi) is 5.55. The molecule has 0 aliphatic heterocycles. The van der Waals surface area contributed by atoms with Crippen LogP contribution < -0.4 is 0 Å². The van der Waals surface area contributed by atoms with Gasteiger partial charge in [-0.2, -0.15) is 0 Å². The van der Waals surface area contributed by atoms with Crippen molar-refractivity contribution in [1.29, 1.82) is 0 Å². The Balaban J connectivity index is 4.26. The van der Waals surface area contributed by atoms with Crippen molar-refractivity contribution < 1.29 is 29.3 Å². The van der Waals surface area contributed by atoms with Crippen LogP contribution in [0.5, 0.6) is 0 Å². The van der Waals surface area contributed by atoms with Gasteiger partial charge in [0.25, 0.3) is 0 Å². The third-order valence-electron chi connectivity index (χ3n) is 1.53. The quantitative estimate of drug-likeness (QED) is 0.509. The first-order valence-corrected chi connectivity index (χ1v) is 4.34. The van der Waals surface area contributed by atoms with E-state index in [0.29, 0.717) is 6.08 Å². The molecule has 0 heterocycles. The summed E-state index contributed by atoms with van der Waals surface area (Å²) in [4.78, 5) is 31.7. The number of rotatable bonds is 6. The largest absolute Gasteiger partial charge is 0.478 e. The number of ether oxygens (including phenoxy) is 1. The lowest BCUT2D eigenvalue weighted by molar-refractivity contribution is -0.140. The SMILES string of the molecule is C=C(C)C(=O)OCC/C(=C\C(=O)O)C(=O)O. The molecule has 6 heteroatoms. The number of carbonyl (C=O) groups is 3. The predicted octanol–water partition coefficient (Wildman–Crippen LogP) is 0.591. The van der Waals surface area contributed by atoms with E-state index >= 15 is 0 Å². The number of hydrogen-bond acceptors (Lipinski definition) is 4. The van der Waals surface area contributed by atoms with E-state index in [2.05, 4.69) is 11.3 Å². The van der Waals surface area contributed by atoms with Crippen molar-refractivity contribution in [3.05, 3.63) is 23.8 Å². The first-order valence-electron chi connectivity index (χ1n) is 4.34. The molecule has 0 aliphatic carbocycles. The summed E-state index contributed by atoms with van der Waals surface area (Å²) in [5.74, 6) is -3.35. The van der Waals surface area contributed by atoms with Gasteiger partial charge in [-0.25, -0.2) is 14.4 Å². The van der Waals surface area contributed by atoms with Crippen LogP contribution in [-0.4, -0.2) is 34.7 Å². The molecule has 0 spiro atoms. The van der Waals surface area contributed by atoms with Crippen LogP contribution in [-0.2, 0) is 19.1 Å². The predicted molar refractivity (Wildman–Crippen MR) is 53.7 cm³/mol. The highest BCUT2D eigenvalue weighted by atomic mass is 16.5. The lowest BCUT2D eigenvalue weighted by Gasteiger charge is -2.04. The molecule has 0 fully saturated rings. The van der Waals surface area contributed by atoms with Crippen molar-refractivity contribution in [2.75, 3.05) is 6.61 Å². The summed E-state index contributed by atoms with van der Waals surface area (Å²) in [6.45, 7) is 4.59. The van der Waals surface area contributed by atoms with Gasteiger partial charge in [0.15, 0.2) is 0 Å². The Hall–Kier alpha value is -2.11. The smallest absolute Gasteiger partial charge is 0.333 e. The van der Waals surface area contributed by atoms with Crippen molar-refractivity contribution in [2.24, 2.45) is 0 Å². The van der Waals surface area contributed by atoms with Crippen molar-refractivity contribution in [2.45, 2.75) is 13.3 Å². The highest BCUT2D eigenvalue weighted by Gasteiger charge is 2.11. The topological polar surface area (TPSA) is 101 Å². The Bertz CT molecular complexity index is 352. The van der Waals surface area contributed by atoms with E-state index in [1.54, 1.807) is 0 Å². The average molecular weight is 228 g/mol. The number of carbonyl (C=O) groups excluding carboxylic acids is 1. The summed E-state index contributed by atoms with van der Waals surface area (Å²) in [6, 6.07) is 0. The zero-order chi connectivity index (χ0) is 12.7. The van der Waals surface area contributed by atoms with Crippen molar-refractivity contribution in [3.8, 4) is 0 Å². The fourth-order valence-electron chi connectivity index (χ4n) is 0.767. The molecule has 0 saturated carbocycles. The molecule has 0 aromatic heterocycles. The van der Waals surface area contributed by atoms with Gasteiger partial charge in [-0.3, -0.25) is 0 Å². The van der Waals surface area contributed by atoms with Crippen molar-refractivity contribution >= 4 is 17.9 Å². The van der Waals surface area contributed by atoms with Gasteiger partial charge in [-0.1, -0.05) is 6.58 Å². The fraction of sp³-hybridized carbons (Fsp3) is 0.300. The highest BCUT2D eigenvalue weighted by Crippen LogP contribution is 2.03. The molecule has 0 saturated heterocycles. The van der Waals surface area contributed by atoms with Gasteiger partial charge in [0.2, 0.25) is 0 Å². The van der Waals surface area contributed by atoms with Gasteiger partial charge in [0, 0.05) is 23.6 Å². The molecular weight excluding hydrogens is 216 g/mol. The van der Waals surface area contributed by atoms with Crippen LogP contribution in [0.3, 0.4) is 0 Å². The molecule has 0 aliphatic rings. The van der Waals surface area contributed by atoms with Crippen LogP contribution in [0.15, 0.2) is 23.8 Å². The maximum Gasteiger partial charge on any atom is 0.333 e. The molecular formula is C10H12O6. The lowest BCUT2D eigenvalue weighted by Crippen LogP contribution is -2.11. The molecule has 0 bridgehead atoms. The summed E-state index contributed by atoms with van der Waals surface area (Å²) >= 11 is 0. The molecule has 88 valence electrons. The second kappa shape index (κ2) is 6.39. The van der Waals surface area contributed by atoms with E-state index in [1.807, 2.05) is 0 Å². The number of carboxylic acids is 2.